The minimum absolute atomic E-state index is 0. The molecular weight excluding hydrogens is 492 g/mol. The Labute approximate surface area is 258 Å². The van der Waals surface area contributed by atoms with Gasteiger partial charge in [-0.3, -0.25) is 0 Å². The van der Waals surface area contributed by atoms with E-state index in [1.807, 2.05) is 63.3 Å². The van der Waals surface area contributed by atoms with Crippen LogP contribution in [0.4, 0.5) is 0 Å². The molecule has 0 amide bonds. The standard InChI is InChI=1S/C20H26.C16H18.5CH4/c1-7-9-10-11-12-13-20(8-2)15-14-18(5)19(6)16-17(3)4;1-4-7-10-15(6-3)16-11-8-9-14(5-2)12-13-16;;;;;/h7-12,14-16H,1,3,5,13H2,2,4,6H3;4,6-10,12-13H,1,5H2,2-3H3;5*1H4/b10-9-,12-11-,15-14-,19-16+,20-8-;10-7-,15-6+;;;;;. The van der Waals surface area contributed by atoms with E-state index in [0.29, 0.717) is 0 Å². The molecular formula is C41H64. The van der Waals surface area contributed by atoms with E-state index < -0.39 is 0 Å². The lowest BCUT2D eigenvalue weighted by Crippen LogP contribution is -1.81. The van der Waals surface area contributed by atoms with Gasteiger partial charge in [-0.2, -0.15) is 0 Å². The van der Waals surface area contributed by atoms with Crippen molar-refractivity contribution >= 4 is 0 Å². The summed E-state index contributed by atoms with van der Waals surface area (Å²) in [6, 6.07) is 0. The van der Waals surface area contributed by atoms with Gasteiger partial charge < -0.3 is 0 Å². The fraction of sp³-hybridized carbons (Fsp3) is 0.293. The lowest BCUT2D eigenvalue weighted by Gasteiger charge is -2.01. The number of allylic oxidation sites excluding steroid dienone is 23. The fourth-order valence-corrected chi connectivity index (χ4v) is 2.97. The van der Waals surface area contributed by atoms with Crippen molar-refractivity contribution in [1.29, 1.82) is 0 Å². The average Bonchev–Trinajstić information content (AvgIpc) is 3.12. The Bertz CT molecular complexity index is 1100. The maximum Gasteiger partial charge on any atom is 0.0233 e. The van der Waals surface area contributed by atoms with Crippen molar-refractivity contribution in [3.8, 4) is 0 Å². The molecule has 0 atom stereocenters. The van der Waals surface area contributed by atoms with Crippen LogP contribution in [0, 0.1) is 0 Å². The van der Waals surface area contributed by atoms with Crippen molar-refractivity contribution in [1.82, 2.24) is 0 Å². The summed E-state index contributed by atoms with van der Waals surface area (Å²) in [5.41, 5.74) is 11.3. The summed E-state index contributed by atoms with van der Waals surface area (Å²) in [5, 5.41) is 0. The van der Waals surface area contributed by atoms with Crippen LogP contribution in [0.15, 0.2) is 174 Å². The van der Waals surface area contributed by atoms with Gasteiger partial charge in [0.2, 0.25) is 0 Å². The van der Waals surface area contributed by atoms with Gasteiger partial charge in [-0.15, -0.1) is 5.73 Å². The van der Waals surface area contributed by atoms with Gasteiger partial charge in [0.15, 0.2) is 0 Å². The predicted molar refractivity (Wildman–Crippen MR) is 200 cm³/mol. The maximum atomic E-state index is 4.07. The number of rotatable bonds is 12. The molecule has 0 saturated heterocycles. The molecule has 41 heavy (non-hydrogen) atoms. The van der Waals surface area contributed by atoms with Crippen molar-refractivity contribution in [2.45, 2.75) is 84.6 Å². The second kappa shape index (κ2) is 32.4. The van der Waals surface area contributed by atoms with Gasteiger partial charge in [-0.25, -0.2) is 0 Å². The average molecular weight is 557 g/mol. The summed E-state index contributed by atoms with van der Waals surface area (Å²) in [4.78, 5) is 0. The largest absolute Gasteiger partial charge is 0.112 e. The topological polar surface area (TPSA) is 0 Å². The Hall–Kier alpha value is -3.86. The molecule has 0 spiro atoms. The molecule has 0 heteroatoms. The Kier molecular flexibility index (Phi) is 39.5. The molecule has 0 nitrogen and oxygen atoms in total. The number of hydrogen-bond acceptors (Lipinski definition) is 0. The van der Waals surface area contributed by atoms with E-state index in [2.05, 4.69) is 94.5 Å². The molecule has 1 rings (SSSR count). The third kappa shape index (κ3) is 24.9. The summed E-state index contributed by atoms with van der Waals surface area (Å²) in [6.45, 7) is 25.5. The third-order valence-corrected chi connectivity index (χ3v) is 5.13. The van der Waals surface area contributed by atoms with E-state index in [0.717, 1.165) is 40.7 Å². The van der Waals surface area contributed by atoms with Crippen LogP contribution in [0.25, 0.3) is 0 Å². The Morgan fingerprint density at radius 1 is 0.805 bits per heavy atom. The zero-order chi connectivity index (χ0) is 27.2. The van der Waals surface area contributed by atoms with Gasteiger partial charge in [0.25, 0.3) is 0 Å². The van der Waals surface area contributed by atoms with E-state index in [1.165, 1.54) is 11.1 Å². The zero-order valence-corrected chi connectivity index (χ0v) is 23.1. The van der Waals surface area contributed by atoms with E-state index >= 15 is 0 Å². The second-order valence-electron chi connectivity index (χ2n) is 8.14. The number of hydrogen-bond donors (Lipinski definition) is 0. The van der Waals surface area contributed by atoms with Gasteiger partial charge in [0.05, 0.1) is 0 Å². The molecule has 0 unspecified atom stereocenters. The first kappa shape index (κ1) is 50.0. The van der Waals surface area contributed by atoms with Crippen LogP contribution in [-0.4, -0.2) is 0 Å². The van der Waals surface area contributed by atoms with Gasteiger partial charge in [0.1, 0.15) is 0 Å². The highest BCUT2D eigenvalue weighted by Gasteiger charge is 1.98. The van der Waals surface area contributed by atoms with Crippen molar-refractivity contribution in [2.75, 3.05) is 0 Å². The molecule has 0 heterocycles. The summed E-state index contributed by atoms with van der Waals surface area (Å²) < 4.78 is 0. The van der Waals surface area contributed by atoms with Crippen LogP contribution in [0.3, 0.4) is 0 Å². The molecule has 0 fully saturated rings. The highest BCUT2D eigenvalue weighted by atomic mass is 14.0. The van der Waals surface area contributed by atoms with Crippen molar-refractivity contribution in [3.63, 3.8) is 0 Å². The van der Waals surface area contributed by atoms with Crippen molar-refractivity contribution in [2.24, 2.45) is 0 Å². The highest BCUT2D eigenvalue weighted by molar-refractivity contribution is 5.49. The molecule has 228 valence electrons. The Balaban J connectivity index is -0.000000135. The molecule has 1 aliphatic rings. The SMILES string of the molecule is C.C.C.C.C.C=C/C=C\C(=C/C)C1=C=CC=C(CC)C=C1.C=C/C=C\C=C/CC(/C=C\C(=C)/C(C)=C/C(=C)C)=C/C. The van der Waals surface area contributed by atoms with E-state index in [9.17, 15) is 0 Å². The van der Waals surface area contributed by atoms with Gasteiger partial charge in [0, 0.05) is 5.57 Å². The van der Waals surface area contributed by atoms with Crippen LogP contribution >= 0.6 is 0 Å². The first-order valence-electron chi connectivity index (χ1n) is 12.4. The molecule has 0 aromatic heterocycles. The molecule has 0 saturated carbocycles. The normalized spacial score (nSPS) is 12.9. The second-order valence-corrected chi connectivity index (χ2v) is 8.14. The van der Waals surface area contributed by atoms with Crippen molar-refractivity contribution < 1.29 is 0 Å². The minimum Gasteiger partial charge on any atom is -0.112 e. The monoisotopic (exact) mass is 557 g/mol. The van der Waals surface area contributed by atoms with Gasteiger partial charge in [-0.1, -0.05) is 167 Å². The van der Waals surface area contributed by atoms with Crippen LogP contribution in [0.2, 0.25) is 0 Å². The van der Waals surface area contributed by atoms with Crippen LogP contribution < -0.4 is 0 Å². The first-order chi connectivity index (χ1) is 17.3. The maximum absolute atomic E-state index is 4.07. The lowest BCUT2D eigenvalue weighted by molar-refractivity contribution is 1.15. The summed E-state index contributed by atoms with van der Waals surface area (Å²) >= 11 is 0. The molecule has 0 bridgehead atoms. The molecule has 0 aromatic carbocycles. The summed E-state index contributed by atoms with van der Waals surface area (Å²) in [6.07, 6.45) is 36.3. The van der Waals surface area contributed by atoms with E-state index in [-0.39, 0.29) is 37.1 Å². The van der Waals surface area contributed by atoms with Crippen LogP contribution in [-0.2, 0) is 0 Å². The molecule has 0 aromatic rings. The minimum atomic E-state index is 0. The van der Waals surface area contributed by atoms with E-state index in [4.69, 9.17) is 0 Å². The predicted octanol–water partition coefficient (Wildman–Crippen LogP) is 14.1. The molecule has 0 radical (unpaired) electrons. The quantitative estimate of drug-likeness (QED) is 0.166. The fourth-order valence-electron chi connectivity index (χ4n) is 2.97. The lowest BCUT2D eigenvalue weighted by atomic mass is 10.0. The smallest absolute Gasteiger partial charge is 0.0233 e. The van der Waals surface area contributed by atoms with Crippen molar-refractivity contribution in [3.05, 3.63) is 174 Å². The zero-order valence-electron chi connectivity index (χ0n) is 23.1. The first-order valence-corrected chi connectivity index (χ1v) is 12.4. The molecule has 0 N–H and O–H groups in total. The summed E-state index contributed by atoms with van der Waals surface area (Å²) in [7, 11) is 0. The summed E-state index contributed by atoms with van der Waals surface area (Å²) in [5.74, 6) is 0. The van der Waals surface area contributed by atoms with Gasteiger partial charge >= 0.3 is 0 Å². The molecule has 0 aliphatic heterocycles. The third-order valence-electron chi connectivity index (χ3n) is 5.13. The van der Waals surface area contributed by atoms with E-state index in [1.54, 1.807) is 12.2 Å². The van der Waals surface area contributed by atoms with Gasteiger partial charge in [-0.05, 0) is 80.6 Å². The highest BCUT2D eigenvalue weighted by Crippen LogP contribution is 2.17. The van der Waals surface area contributed by atoms with Crippen LogP contribution in [0.1, 0.15) is 84.6 Å². The Morgan fingerprint density at radius 3 is 1.95 bits per heavy atom. The molecule has 1 aliphatic carbocycles. The Morgan fingerprint density at radius 2 is 1.44 bits per heavy atom. The van der Waals surface area contributed by atoms with Crippen LogP contribution in [0.5, 0.6) is 0 Å².